The number of amides is 1. The van der Waals surface area contributed by atoms with E-state index in [9.17, 15) is 14.4 Å². The van der Waals surface area contributed by atoms with Crippen molar-refractivity contribution in [3.05, 3.63) is 35.9 Å². The topological polar surface area (TPSA) is 72.5 Å². The normalized spacial score (nSPS) is 44.6. The fraction of sp³-hybridized carbons (Fsp3) is 0.763. The summed E-state index contributed by atoms with van der Waals surface area (Å²) >= 11 is 0. The van der Waals surface area contributed by atoms with Gasteiger partial charge < -0.3 is 10.1 Å². The van der Waals surface area contributed by atoms with Crippen molar-refractivity contribution in [3.8, 4) is 0 Å². The molecular formula is C38H55NO4. The lowest BCUT2D eigenvalue weighted by Gasteiger charge is -2.72. The highest BCUT2D eigenvalue weighted by molar-refractivity contribution is 5.87. The summed E-state index contributed by atoms with van der Waals surface area (Å²) < 4.78 is 5.92. The van der Waals surface area contributed by atoms with Crippen LogP contribution in [0.3, 0.4) is 0 Å². The summed E-state index contributed by atoms with van der Waals surface area (Å²) in [5, 5.41) is 3.35. The fourth-order valence-electron chi connectivity index (χ4n) is 12.8. The zero-order chi connectivity index (χ0) is 31.0. The number of nitrogens with one attached hydrogen (secondary N) is 1. The van der Waals surface area contributed by atoms with Crippen molar-refractivity contribution in [2.45, 2.75) is 125 Å². The number of esters is 1. The number of hydrogen-bond donors (Lipinski definition) is 1. The van der Waals surface area contributed by atoms with E-state index in [2.05, 4.69) is 52.1 Å². The molecule has 5 heteroatoms. The Hall–Kier alpha value is -2.17. The third-order valence-electron chi connectivity index (χ3n) is 15.0. The van der Waals surface area contributed by atoms with Crippen LogP contribution >= 0.6 is 0 Å². The molecule has 0 bridgehead atoms. The van der Waals surface area contributed by atoms with E-state index in [1.165, 1.54) is 12.8 Å². The molecule has 236 valence electrons. The molecule has 43 heavy (non-hydrogen) atoms. The van der Waals surface area contributed by atoms with E-state index in [-0.39, 0.29) is 57.3 Å². The molecule has 0 radical (unpaired) electrons. The molecule has 1 aromatic rings. The van der Waals surface area contributed by atoms with E-state index < -0.39 is 5.41 Å². The first-order valence-electron chi connectivity index (χ1n) is 17.2. The van der Waals surface area contributed by atoms with Crippen LogP contribution < -0.4 is 5.32 Å². The monoisotopic (exact) mass is 589 g/mol. The Balaban J connectivity index is 1.31. The standard InChI is InChI=1S/C38H55NO4/c1-24(40)27-15-20-38(33(42)39-23-26-11-9-8-10-12-26)22-21-36(6)28(32(27)38)13-14-30-35(5)18-17-31(43-25(2)41)34(3,4)29(35)16-19-37(30,36)7/h8-12,27-32H,13-23H2,1-7H3,(H,39,42)/t27-,28?,29?,30?,31-,32?,35-,36+,37+,38-/m0/s1. The third kappa shape index (κ3) is 4.40. The molecule has 5 fully saturated rings. The zero-order valence-corrected chi connectivity index (χ0v) is 27.8. The summed E-state index contributed by atoms with van der Waals surface area (Å²) in [5.74, 6) is 1.89. The maximum Gasteiger partial charge on any atom is 0.302 e. The van der Waals surface area contributed by atoms with E-state index in [1.54, 1.807) is 13.8 Å². The number of carbonyl (C=O) groups excluding carboxylic acids is 3. The SMILES string of the molecule is CC(=O)O[C@H]1CC[C@@]2(C)C(CC[C@]3(C)C2CCC2C4[C@H](C(C)=O)CC[C@]4(C(=O)NCc4ccccc4)CC[C@]23C)C1(C)C. The maximum absolute atomic E-state index is 14.2. The second-order valence-corrected chi connectivity index (χ2v) is 16.7. The lowest BCUT2D eigenvalue weighted by molar-refractivity contribution is -0.249. The number of Topliss-reactive ketones (excluding diaryl/α,β-unsaturated/α-hetero) is 1. The summed E-state index contributed by atoms with van der Waals surface area (Å²) in [6.07, 6.45) is 10.2. The van der Waals surface area contributed by atoms with Gasteiger partial charge in [0.25, 0.3) is 0 Å². The summed E-state index contributed by atoms with van der Waals surface area (Å²) in [7, 11) is 0. The molecule has 5 aliphatic rings. The largest absolute Gasteiger partial charge is 0.462 e. The quantitative estimate of drug-likeness (QED) is 0.354. The lowest BCUT2D eigenvalue weighted by Crippen LogP contribution is -2.67. The summed E-state index contributed by atoms with van der Waals surface area (Å²) in [4.78, 5) is 39.5. The average Bonchev–Trinajstić information content (AvgIpc) is 3.35. The Bertz CT molecular complexity index is 1270. The third-order valence-corrected chi connectivity index (χ3v) is 15.0. The van der Waals surface area contributed by atoms with Crippen LogP contribution in [0.1, 0.15) is 118 Å². The molecule has 0 saturated heterocycles. The number of ether oxygens (including phenoxy) is 1. The van der Waals surface area contributed by atoms with Crippen LogP contribution in [0.5, 0.6) is 0 Å². The van der Waals surface area contributed by atoms with Gasteiger partial charge in [0.15, 0.2) is 0 Å². The molecule has 5 nitrogen and oxygen atoms in total. The highest BCUT2D eigenvalue weighted by Crippen LogP contribution is 2.77. The van der Waals surface area contributed by atoms with Gasteiger partial charge in [-0.3, -0.25) is 14.4 Å². The van der Waals surface area contributed by atoms with Gasteiger partial charge in [0.2, 0.25) is 5.91 Å². The van der Waals surface area contributed by atoms with Gasteiger partial charge in [-0.25, -0.2) is 0 Å². The summed E-state index contributed by atoms with van der Waals surface area (Å²) in [6.45, 7) is 16.3. The molecule has 0 heterocycles. The fourth-order valence-corrected chi connectivity index (χ4v) is 12.8. The molecule has 1 N–H and O–H groups in total. The summed E-state index contributed by atoms with van der Waals surface area (Å²) in [6, 6.07) is 10.2. The molecule has 6 rings (SSSR count). The van der Waals surface area contributed by atoms with E-state index in [4.69, 9.17) is 4.74 Å². The van der Waals surface area contributed by atoms with Crippen molar-refractivity contribution in [2.75, 3.05) is 0 Å². The highest BCUT2D eigenvalue weighted by atomic mass is 16.5. The molecule has 0 spiro atoms. The highest BCUT2D eigenvalue weighted by Gasteiger charge is 2.72. The van der Waals surface area contributed by atoms with E-state index >= 15 is 0 Å². The van der Waals surface area contributed by atoms with Gasteiger partial charge in [0.1, 0.15) is 11.9 Å². The van der Waals surface area contributed by atoms with Crippen molar-refractivity contribution in [1.29, 1.82) is 0 Å². The van der Waals surface area contributed by atoms with Gasteiger partial charge in [-0.15, -0.1) is 0 Å². The molecule has 0 aliphatic heterocycles. The first-order chi connectivity index (χ1) is 20.2. The molecule has 5 aliphatic carbocycles. The Morgan fingerprint density at radius 2 is 1.51 bits per heavy atom. The Morgan fingerprint density at radius 3 is 2.19 bits per heavy atom. The first kappa shape index (κ1) is 30.8. The van der Waals surface area contributed by atoms with Crippen LogP contribution in [0.25, 0.3) is 0 Å². The maximum atomic E-state index is 14.2. The van der Waals surface area contributed by atoms with Crippen LogP contribution in [0.15, 0.2) is 30.3 Å². The molecular weight excluding hydrogens is 534 g/mol. The van der Waals surface area contributed by atoms with Crippen molar-refractivity contribution in [2.24, 2.45) is 56.7 Å². The van der Waals surface area contributed by atoms with E-state index in [1.807, 2.05) is 18.2 Å². The summed E-state index contributed by atoms with van der Waals surface area (Å²) in [5.41, 5.74) is 1.06. The minimum Gasteiger partial charge on any atom is -0.462 e. The molecule has 5 saturated carbocycles. The van der Waals surface area contributed by atoms with E-state index in [0.717, 1.165) is 56.9 Å². The number of fused-ring (bicyclic) bond motifs is 7. The number of benzene rings is 1. The lowest BCUT2D eigenvalue weighted by atomic mass is 9.32. The minimum absolute atomic E-state index is 0.0149. The predicted molar refractivity (Wildman–Crippen MR) is 169 cm³/mol. The minimum atomic E-state index is -0.441. The zero-order valence-electron chi connectivity index (χ0n) is 27.8. The first-order valence-corrected chi connectivity index (χ1v) is 17.2. The number of rotatable bonds is 5. The second-order valence-electron chi connectivity index (χ2n) is 16.7. The predicted octanol–water partition coefficient (Wildman–Crippen LogP) is 7.91. The van der Waals surface area contributed by atoms with Crippen LogP contribution in [0, 0.1) is 56.7 Å². The van der Waals surface area contributed by atoms with E-state index in [0.29, 0.717) is 24.3 Å². The van der Waals surface area contributed by atoms with Crippen LogP contribution in [0.4, 0.5) is 0 Å². The Morgan fingerprint density at radius 1 is 0.791 bits per heavy atom. The van der Waals surface area contributed by atoms with Gasteiger partial charge in [-0.1, -0.05) is 65.0 Å². The van der Waals surface area contributed by atoms with Gasteiger partial charge in [-0.2, -0.15) is 0 Å². The van der Waals surface area contributed by atoms with Gasteiger partial charge in [-0.05, 0) is 117 Å². The Kier molecular flexibility index (Phi) is 7.49. The molecule has 1 amide bonds. The average molecular weight is 590 g/mol. The van der Waals surface area contributed by atoms with Gasteiger partial charge >= 0.3 is 5.97 Å². The molecule has 10 atom stereocenters. The Labute approximate surface area is 259 Å². The smallest absolute Gasteiger partial charge is 0.302 e. The number of carbonyl (C=O) groups is 3. The van der Waals surface area contributed by atoms with Gasteiger partial charge in [0.05, 0.1) is 5.41 Å². The van der Waals surface area contributed by atoms with Crippen molar-refractivity contribution >= 4 is 17.7 Å². The van der Waals surface area contributed by atoms with Crippen LogP contribution in [0.2, 0.25) is 0 Å². The van der Waals surface area contributed by atoms with Crippen LogP contribution in [-0.2, 0) is 25.7 Å². The molecule has 0 aromatic heterocycles. The number of hydrogen-bond acceptors (Lipinski definition) is 4. The van der Waals surface area contributed by atoms with Gasteiger partial charge in [0, 0.05) is 24.8 Å². The van der Waals surface area contributed by atoms with Crippen molar-refractivity contribution in [3.63, 3.8) is 0 Å². The van der Waals surface area contributed by atoms with Crippen molar-refractivity contribution < 1.29 is 19.1 Å². The molecule has 1 aromatic carbocycles. The number of ketones is 1. The van der Waals surface area contributed by atoms with Crippen LogP contribution in [-0.4, -0.2) is 23.8 Å². The molecule has 4 unspecified atom stereocenters. The second kappa shape index (κ2) is 10.4. The van der Waals surface area contributed by atoms with Crippen molar-refractivity contribution in [1.82, 2.24) is 5.32 Å².